The van der Waals surface area contributed by atoms with Crippen molar-refractivity contribution in [3.63, 3.8) is 0 Å². The first-order valence-corrected chi connectivity index (χ1v) is 7.74. The third-order valence-electron chi connectivity index (χ3n) is 2.81. The predicted octanol–water partition coefficient (Wildman–Crippen LogP) is 2.53. The van der Waals surface area contributed by atoms with Crippen molar-refractivity contribution in [2.75, 3.05) is 30.9 Å². The van der Waals surface area contributed by atoms with Crippen molar-refractivity contribution in [2.24, 2.45) is 0 Å². The summed E-state index contributed by atoms with van der Waals surface area (Å²) < 4.78 is 0. The number of thioether (sulfide) groups is 1. The molecule has 0 aliphatic heterocycles. The summed E-state index contributed by atoms with van der Waals surface area (Å²) >= 11 is 1.80. The molecule has 2 N–H and O–H groups in total. The molecule has 0 fully saturated rings. The fourth-order valence-electron chi connectivity index (χ4n) is 1.56. The molecule has 0 saturated carbocycles. The Morgan fingerprint density at radius 3 is 2.50 bits per heavy atom. The van der Waals surface area contributed by atoms with E-state index in [0.717, 1.165) is 12.2 Å². The highest BCUT2D eigenvalue weighted by Crippen LogP contribution is 2.12. The zero-order valence-electron chi connectivity index (χ0n) is 11.8. The minimum atomic E-state index is -0.914. The Labute approximate surface area is 123 Å². The summed E-state index contributed by atoms with van der Waals surface area (Å²) in [6.45, 7) is 0.187. The number of urea groups is 1. The highest BCUT2D eigenvalue weighted by Gasteiger charge is 2.10. The number of carbonyl (C=O) groups is 2. The summed E-state index contributed by atoms with van der Waals surface area (Å²) in [7, 11) is 1.57. The van der Waals surface area contributed by atoms with Crippen LogP contribution in [0.15, 0.2) is 24.3 Å². The molecule has 2 amide bonds. The number of hydrogen-bond donors (Lipinski definition) is 2. The van der Waals surface area contributed by atoms with E-state index in [4.69, 9.17) is 5.11 Å². The van der Waals surface area contributed by atoms with Crippen molar-refractivity contribution in [1.29, 1.82) is 0 Å². The summed E-state index contributed by atoms with van der Waals surface area (Å²) in [6.07, 6.45) is 3.02. The van der Waals surface area contributed by atoms with Crippen molar-refractivity contribution >= 4 is 29.4 Å². The lowest BCUT2D eigenvalue weighted by Gasteiger charge is -2.17. The zero-order valence-corrected chi connectivity index (χ0v) is 12.6. The molecule has 0 aliphatic carbocycles. The van der Waals surface area contributed by atoms with Gasteiger partial charge in [0.25, 0.3) is 0 Å². The monoisotopic (exact) mass is 296 g/mol. The summed E-state index contributed by atoms with van der Waals surface area (Å²) in [6, 6.07) is 7.40. The Balaban J connectivity index is 2.46. The van der Waals surface area contributed by atoms with Gasteiger partial charge in [-0.25, -0.2) is 4.79 Å². The lowest BCUT2D eigenvalue weighted by atomic mass is 10.1. The lowest BCUT2D eigenvalue weighted by molar-refractivity contribution is -0.137. The highest BCUT2D eigenvalue weighted by atomic mass is 32.2. The zero-order chi connectivity index (χ0) is 15.0. The summed E-state index contributed by atoms with van der Waals surface area (Å²) in [5.74, 6) is 0.159. The fraction of sp³-hybridized carbons (Fsp3) is 0.429. The van der Waals surface area contributed by atoms with E-state index in [1.807, 2.05) is 24.3 Å². The molecule has 110 valence electrons. The van der Waals surface area contributed by atoms with E-state index >= 15 is 0 Å². The fourth-order valence-corrected chi connectivity index (χ4v) is 2.00. The topological polar surface area (TPSA) is 69.6 Å². The second-order valence-electron chi connectivity index (χ2n) is 4.44. The molecular formula is C14H20N2O3S. The van der Waals surface area contributed by atoms with E-state index in [2.05, 4.69) is 11.6 Å². The number of nitrogens with zero attached hydrogens (tertiary/aromatic N) is 1. The van der Waals surface area contributed by atoms with Gasteiger partial charge in [-0.2, -0.15) is 11.8 Å². The van der Waals surface area contributed by atoms with Crippen molar-refractivity contribution < 1.29 is 14.7 Å². The minimum absolute atomic E-state index is 0.0580. The first kappa shape index (κ1) is 16.4. The smallest absolute Gasteiger partial charge is 0.321 e. The average molecular weight is 296 g/mol. The molecule has 0 bridgehead atoms. The Kier molecular flexibility index (Phi) is 6.93. The number of carboxylic acids is 1. The number of amides is 2. The van der Waals surface area contributed by atoms with Gasteiger partial charge in [0.2, 0.25) is 0 Å². The molecular weight excluding hydrogens is 276 g/mol. The summed E-state index contributed by atoms with van der Waals surface area (Å²) in [5, 5.41) is 11.3. The predicted molar refractivity (Wildman–Crippen MR) is 82.4 cm³/mol. The third-order valence-corrected chi connectivity index (χ3v) is 3.42. The molecule has 1 aromatic rings. The molecule has 1 aromatic carbocycles. The maximum atomic E-state index is 11.8. The molecule has 0 unspecified atom stereocenters. The Morgan fingerprint density at radius 1 is 1.30 bits per heavy atom. The number of nitrogens with one attached hydrogen (secondary N) is 1. The molecule has 0 saturated heterocycles. The van der Waals surface area contributed by atoms with Crippen LogP contribution in [0.2, 0.25) is 0 Å². The largest absolute Gasteiger partial charge is 0.481 e. The molecule has 0 radical (unpaired) electrons. The van der Waals surface area contributed by atoms with Gasteiger partial charge in [-0.1, -0.05) is 12.1 Å². The van der Waals surface area contributed by atoms with E-state index in [9.17, 15) is 9.59 Å². The molecule has 6 heteroatoms. The molecule has 0 spiro atoms. The second kappa shape index (κ2) is 8.47. The number of benzene rings is 1. The average Bonchev–Trinajstić information content (AvgIpc) is 2.43. The van der Waals surface area contributed by atoms with Gasteiger partial charge in [-0.15, -0.1) is 0 Å². The van der Waals surface area contributed by atoms with E-state index in [1.54, 1.807) is 18.8 Å². The Hall–Kier alpha value is -1.69. The Morgan fingerprint density at radius 2 is 1.95 bits per heavy atom. The molecule has 20 heavy (non-hydrogen) atoms. The molecule has 0 heterocycles. The van der Waals surface area contributed by atoms with Gasteiger partial charge in [-0.05, 0) is 36.1 Å². The van der Waals surface area contributed by atoms with Gasteiger partial charge in [-0.3, -0.25) is 4.79 Å². The van der Waals surface area contributed by atoms with Crippen molar-refractivity contribution in [1.82, 2.24) is 4.90 Å². The van der Waals surface area contributed by atoms with Gasteiger partial charge in [0, 0.05) is 19.3 Å². The molecule has 5 nitrogen and oxygen atoms in total. The number of rotatable bonds is 7. The maximum absolute atomic E-state index is 11.8. The van der Waals surface area contributed by atoms with Crippen LogP contribution in [0.5, 0.6) is 0 Å². The van der Waals surface area contributed by atoms with Crippen LogP contribution in [-0.4, -0.2) is 47.6 Å². The molecule has 0 aliphatic rings. The number of aliphatic carboxylic acids is 1. The van der Waals surface area contributed by atoms with Crippen LogP contribution in [-0.2, 0) is 11.2 Å². The Bertz CT molecular complexity index is 448. The van der Waals surface area contributed by atoms with E-state index in [0.29, 0.717) is 5.69 Å². The third kappa shape index (κ3) is 5.97. The number of carboxylic acid groups (broad SMARTS) is 1. The number of anilines is 1. The van der Waals surface area contributed by atoms with Crippen LogP contribution in [0.25, 0.3) is 0 Å². The summed E-state index contributed by atoms with van der Waals surface area (Å²) in [5.41, 5.74) is 1.95. The van der Waals surface area contributed by atoms with Crippen LogP contribution in [0.3, 0.4) is 0 Å². The standard InChI is InChI=1S/C14H20N2O3S/c1-16(9-7-13(17)18)14(19)15-12-5-3-11(4-6-12)8-10-20-2/h3-6H,7-10H2,1-2H3,(H,15,19)(H,17,18). The minimum Gasteiger partial charge on any atom is -0.481 e. The van der Waals surface area contributed by atoms with Crippen LogP contribution >= 0.6 is 11.8 Å². The summed E-state index contributed by atoms with van der Waals surface area (Å²) in [4.78, 5) is 23.6. The van der Waals surface area contributed by atoms with Gasteiger partial charge in [0.15, 0.2) is 0 Å². The number of carbonyl (C=O) groups excluding carboxylic acids is 1. The molecule has 0 atom stereocenters. The highest BCUT2D eigenvalue weighted by molar-refractivity contribution is 7.98. The number of aryl methyl sites for hydroxylation is 1. The lowest BCUT2D eigenvalue weighted by Crippen LogP contribution is -2.33. The van der Waals surface area contributed by atoms with Crippen LogP contribution in [0.4, 0.5) is 10.5 Å². The maximum Gasteiger partial charge on any atom is 0.321 e. The van der Waals surface area contributed by atoms with Gasteiger partial charge in [0.1, 0.15) is 0 Å². The van der Waals surface area contributed by atoms with Crippen LogP contribution < -0.4 is 5.32 Å². The van der Waals surface area contributed by atoms with Crippen molar-refractivity contribution in [3.8, 4) is 0 Å². The van der Waals surface area contributed by atoms with Crippen molar-refractivity contribution in [2.45, 2.75) is 12.8 Å². The van der Waals surface area contributed by atoms with Gasteiger partial charge < -0.3 is 15.3 Å². The van der Waals surface area contributed by atoms with Gasteiger partial charge >= 0.3 is 12.0 Å². The second-order valence-corrected chi connectivity index (χ2v) is 5.42. The first-order valence-electron chi connectivity index (χ1n) is 6.34. The van der Waals surface area contributed by atoms with Crippen LogP contribution in [0.1, 0.15) is 12.0 Å². The van der Waals surface area contributed by atoms with E-state index in [-0.39, 0.29) is 19.0 Å². The van der Waals surface area contributed by atoms with Gasteiger partial charge in [0.05, 0.1) is 6.42 Å². The first-order chi connectivity index (χ1) is 9.52. The quantitative estimate of drug-likeness (QED) is 0.811. The SMILES string of the molecule is CSCCc1ccc(NC(=O)N(C)CCC(=O)O)cc1. The van der Waals surface area contributed by atoms with Crippen LogP contribution in [0, 0.1) is 0 Å². The normalized spacial score (nSPS) is 10.1. The van der Waals surface area contributed by atoms with Crippen molar-refractivity contribution in [3.05, 3.63) is 29.8 Å². The molecule has 1 rings (SSSR count). The van der Waals surface area contributed by atoms with E-state index in [1.165, 1.54) is 10.5 Å². The molecule has 0 aromatic heterocycles. The number of hydrogen-bond acceptors (Lipinski definition) is 3. The van der Waals surface area contributed by atoms with E-state index < -0.39 is 5.97 Å².